The molecule has 7 nitrogen and oxygen atoms in total. The first kappa shape index (κ1) is 15.1. The molecule has 0 spiro atoms. The fourth-order valence-electron chi connectivity index (χ4n) is 2.35. The minimum absolute atomic E-state index is 0.110. The van der Waals surface area contributed by atoms with Crippen LogP contribution >= 0.6 is 0 Å². The quantitative estimate of drug-likeness (QED) is 0.552. The van der Waals surface area contributed by atoms with Crippen LogP contribution in [-0.4, -0.2) is 26.0 Å². The zero-order chi connectivity index (χ0) is 15.2. The number of H-pyrrole nitrogens is 2. The lowest BCUT2D eigenvalue weighted by atomic mass is 10.1. The smallest absolute Gasteiger partial charge is 0.303 e. The van der Waals surface area contributed by atoms with Crippen molar-refractivity contribution < 1.29 is 9.90 Å². The molecular weight excluding hydrogens is 272 g/mol. The van der Waals surface area contributed by atoms with Crippen molar-refractivity contribution in [1.82, 2.24) is 15.0 Å². The van der Waals surface area contributed by atoms with Crippen molar-refractivity contribution in [3.63, 3.8) is 0 Å². The highest BCUT2D eigenvalue weighted by Gasteiger charge is 2.06. The number of hydrogen-bond donors (Lipinski definition) is 4. The van der Waals surface area contributed by atoms with Gasteiger partial charge in [0, 0.05) is 12.1 Å². The molecule has 0 unspecified atom stereocenters. The zero-order valence-electron chi connectivity index (χ0n) is 11.8. The van der Waals surface area contributed by atoms with Gasteiger partial charge in [0.15, 0.2) is 0 Å². The van der Waals surface area contributed by atoms with Gasteiger partial charge in [-0.15, -0.1) is 0 Å². The fraction of sp³-hybridized carbons (Fsp3) is 0.500. The van der Waals surface area contributed by atoms with E-state index < -0.39 is 5.97 Å². The van der Waals surface area contributed by atoms with Crippen molar-refractivity contribution in [2.45, 2.75) is 44.9 Å². The van der Waals surface area contributed by atoms with Gasteiger partial charge in [0.1, 0.15) is 5.65 Å². The number of fused-ring (bicyclic) bond motifs is 1. The number of aliphatic carboxylic acids is 1. The minimum Gasteiger partial charge on any atom is -0.481 e. The van der Waals surface area contributed by atoms with E-state index in [0.717, 1.165) is 44.2 Å². The number of aromatic nitrogens is 3. The fourth-order valence-corrected chi connectivity index (χ4v) is 2.35. The molecule has 2 rings (SSSR count). The Bertz CT molecular complexity index is 674. The van der Waals surface area contributed by atoms with E-state index in [1.807, 2.05) is 6.07 Å². The molecular formula is C14H20N4O3. The molecule has 2 heterocycles. The van der Waals surface area contributed by atoms with Crippen molar-refractivity contribution in [3.05, 3.63) is 22.1 Å². The van der Waals surface area contributed by atoms with E-state index in [4.69, 9.17) is 10.8 Å². The van der Waals surface area contributed by atoms with Crippen molar-refractivity contribution in [1.29, 1.82) is 0 Å². The van der Waals surface area contributed by atoms with Crippen LogP contribution in [0.5, 0.6) is 0 Å². The number of rotatable bonds is 8. The summed E-state index contributed by atoms with van der Waals surface area (Å²) >= 11 is 0. The normalized spacial score (nSPS) is 11.0. The number of carboxylic acids is 1. The highest BCUT2D eigenvalue weighted by Crippen LogP contribution is 2.13. The SMILES string of the molecule is Nc1nc2[nH]c(CCCCCCCC(=O)O)cc2c(=O)[nH]1. The second-order valence-electron chi connectivity index (χ2n) is 5.17. The summed E-state index contributed by atoms with van der Waals surface area (Å²) in [5.74, 6) is -0.621. The van der Waals surface area contributed by atoms with E-state index in [0.29, 0.717) is 11.0 Å². The summed E-state index contributed by atoms with van der Waals surface area (Å²) in [6, 6.07) is 1.81. The summed E-state index contributed by atoms with van der Waals surface area (Å²) in [5.41, 5.74) is 6.76. The molecule has 2 aromatic rings. The maximum Gasteiger partial charge on any atom is 0.303 e. The van der Waals surface area contributed by atoms with Crippen LogP contribution in [0.15, 0.2) is 10.9 Å². The van der Waals surface area contributed by atoms with Gasteiger partial charge in [-0.2, -0.15) is 4.98 Å². The van der Waals surface area contributed by atoms with Crippen molar-refractivity contribution in [3.8, 4) is 0 Å². The number of nitrogens with one attached hydrogen (secondary N) is 2. The molecule has 0 atom stereocenters. The highest BCUT2D eigenvalue weighted by atomic mass is 16.4. The Labute approximate surface area is 121 Å². The number of hydrogen-bond acceptors (Lipinski definition) is 4. The molecule has 0 aliphatic carbocycles. The van der Waals surface area contributed by atoms with Gasteiger partial charge >= 0.3 is 5.97 Å². The Kier molecular flexibility index (Phi) is 4.97. The largest absolute Gasteiger partial charge is 0.481 e. The Hall–Kier alpha value is -2.31. The maximum absolute atomic E-state index is 11.7. The number of anilines is 1. The summed E-state index contributed by atoms with van der Waals surface area (Å²) in [6.45, 7) is 0. The second kappa shape index (κ2) is 6.92. The third kappa shape index (κ3) is 4.34. The van der Waals surface area contributed by atoms with Crippen LogP contribution in [0.3, 0.4) is 0 Å². The Morgan fingerprint density at radius 3 is 2.67 bits per heavy atom. The van der Waals surface area contributed by atoms with Crippen LogP contribution in [0, 0.1) is 0 Å². The van der Waals surface area contributed by atoms with Gasteiger partial charge in [0.05, 0.1) is 5.39 Å². The van der Waals surface area contributed by atoms with E-state index >= 15 is 0 Å². The van der Waals surface area contributed by atoms with E-state index in [9.17, 15) is 9.59 Å². The third-order valence-corrected chi connectivity index (χ3v) is 3.41. The van der Waals surface area contributed by atoms with Gasteiger partial charge in [0.25, 0.3) is 5.56 Å². The average Bonchev–Trinajstić information content (AvgIpc) is 2.80. The third-order valence-electron chi connectivity index (χ3n) is 3.41. The molecule has 5 N–H and O–H groups in total. The van der Waals surface area contributed by atoms with Crippen LogP contribution in [0.25, 0.3) is 11.0 Å². The standard InChI is InChI=1S/C14H20N4O3/c15-14-17-12-10(13(21)18-14)8-9(16-12)6-4-2-1-3-5-7-11(19)20/h8H,1-7H2,(H,19,20)(H4,15,16,17,18,21). The van der Waals surface area contributed by atoms with E-state index in [-0.39, 0.29) is 17.9 Å². The molecule has 0 fully saturated rings. The first-order chi connectivity index (χ1) is 10.1. The minimum atomic E-state index is -0.731. The number of nitrogen functional groups attached to an aromatic ring is 1. The summed E-state index contributed by atoms with van der Waals surface area (Å²) in [4.78, 5) is 31.7. The van der Waals surface area contributed by atoms with E-state index in [1.165, 1.54) is 0 Å². The number of carboxylic acid groups (broad SMARTS) is 1. The lowest BCUT2D eigenvalue weighted by molar-refractivity contribution is -0.137. The highest BCUT2D eigenvalue weighted by molar-refractivity contribution is 5.76. The molecule has 0 saturated heterocycles. The number of nitrogens with zero attached hydrogens (tertiary/aromatic N) is 1. The van der Waals surface area contributed by atoms with Gasteiger partial charge in [-0.3, -0.25) is 14.6 Å². The Balaban J connectivity index is 1.78. The Morgan fingerprint density at radius 2 is 1.90 bits per heavy atom. The van der Waals surface area contributed by atoms with Crippen LogP contribution in [-0.2, 0) is 11.2 Å². The molecule has 0 aliphatic rings. The number of carbonyl (C=O) groups is 1. The van der Waals surface area contributed by atoms with Gasteiger partial charge in [-0.25, -0.2) is 0 Å². The lowest BCUT2D eigenvalue weighted by Gasteiger charge is -1.99. The van der Waals surface area contributed by atoms with Gasteiger partial charge in [-0.1, -0.05) is 19.3 Å². The van der Waals surface area contributed by atoms with Crippen LogP contribution < -0.4 is 11.3 Å². The second-order valence-corrected chi connectivity index (χ2v) is 5.17. The van der Waals surface area contributed by atoms with Crippen LogP contribution in [0.2, 0.25) is 0 Å². The van der Waals surface area contributed by atoms with Crippen LogP contribution in [0.1, 0.15) is 44.2 Å². The molecule has 0 aromatic carbocycles. The molecule has 0 radical (unpaired) electrons. The topological polar surface area (TPSA) is 125 Å². The van der Waals surface area contributed by atoms with Gasteiger partial charge in [0.2, 0.25) is 5.95 Å². The number of unbranched alkanes of at least 4 members (excludes halogenated alkanes) is 4. The number of aryl methyl sites for hydroxylation is 1. The molecule has 0 bridgehead atoms. The maximum atomic E-state index is 11.7. The molecule has 0 saturated carbocycles. The van der Waals surface area contributed by atoms with E-state index in [1.54, 1.807) is 0 Å². The van der Waals surface area contributed by atoms with Gasteiger partial charge < -0.3 is 15.8 Å². The predicted molar refractivity (Wildman–Crippen MR) is 80.2 cm³/mol. The number of nitrogens with two attached hydrogens (primary N) is 1. The summed E-state index contributed by atoms with van der Waals surface area (Å²) < 4.78 is 0. The average molecular weight is 292 g/mol. The summed E-state index contributed by atoms with van der Waals surface area (Å²) in [7, 11) is 0. The molecule has 7 heteroatoms. The predicted octanol–water partition coefficient (Wildman–Crippen LogP) is 1.80. The molecule has 2 aromatic heterocycles. The first-order valence-electron chi connectivity index (χ1n) is 7.15. The van der Waals surface area contributed by atoms with Crippen molar-refractivity contribution in [2.75, 3.05) is 5.73 Å². The monoisotopic (exact) mass is 292 g/mol. The lowest BCUT2D eigenvalue weighted by Crippen LogP contribution is -2.09. The molecule has 0 amide bonds. The zero-order valence-corrected chi connectivity index (χ0v) is 11.8. The van der Waals surface area contributed by atoms with E-state index in [2.05, 4.69) is 15.0 Å². The molecule has 21 heavy (non-hydrogen) atoms. The van der Waals surface area contributed by atoms with Crippen molar-refractivity contribution >= 4 is 23.0 Å². The molecule has 114 valence electrons. The first-order valence-corrected chi connectivity index (χ1v) is 7.15. The van der Waals surface area contributed by atoms with Crippen molar-refractivity contribution in [2.24, 2.45) is 0 Å². The number of aromatic amines is 2. The molecule has 0 aliphatic heterocycles. The van der Waals surface area contributed by atoms with Crippen LogP contribution in [0.4, 0.5) is 5.95 Å². The Morgan fingerprint density at radius 1 is 1.19 bits per heavy atom. The van der Waals surface area contributed by atoms with Gasteiger partial charge in [-0.05, 0) is 25.3 Å². The summed E-state index contributed by atoms with van der Waals surface area (Å²) in [6.07, 6.45) is 5.83. The summed E-state index contributed by atoms with van der Waals surface area (Å²) in [5, 5.41) is 9.06.